The number of hydrogen-bond donors (Lipinski definition) is 1. The second kappa shape index (κ2) is 9.99. The summed E-state index contributed by atoms with van der Waals surface area (Å²) in [6.07, 6.45) is -0.0838. The maximum absolute atomic E-state index is 13.2. The van der Waals surface area contributed by atoms with Gasteiger partial charge in [0.1, 0.15) is 10.7 Å². The monoisotopic (exact) mass is 440 g/mol. The second-order valence-corrected chi connectivity index (χ2v) is 7.76. The van der Waals surface area contributed by atoms with Crippen LogP contribution in [0.25, 0.3) is 11.1 Å². The molecule has 0 spiro atoms. The van der Waals surface area contributed by atoms with Gasteiger partial charge in [-0.15, -0.1) is 11.3 Å². The molecule has 0 saturated carbocycles. The molecule has 1 heterocycles. The van der Waals surface area contributed by atoms with Gasteiger partial charge < -0.3 is 15.4 Å². The van der Waals surface area contributed by atoms with Crippen molar-refractivity contribution in [3.05, 3.63) is 76.2 Å². The zero-order valence-electron chi connectivity index (χ0n) is 16.8. The molecule has 0 atom stereocenters. The Morgan fingerprint density at radius 2 is 1.71 bits per heavy atom. The summed E-state index contributed by atoms with van der Waals surface area (Å²) in [5.41, 5.74) is 8.27. The SMILES string of the molecule is Cc1ccc(-c2ccsc2C(=O)OCC(=O)N(CCC(N)=O)c2ccc(F)cc2)cc1. The molecular formula is C23H21FN2O4S. The summed E-state index contributed by atoms with van der Waals surface area (Å²) in [5, 5.41) is 1.78. The molecule has 0 bridgehead atoms. The summed E-state index contributed by atoms with van der Waals surface area (Å²) in [4.78, 5) is 38.1. The van der Waals surface area contributed by atoms with Crippen LogP contribution in [-0.4, -0.2) is 30.9 Å². The van der Waals surface area contributed by atoms with Crippen molar-refractivity contribution in [2.24, 2.45) is 5.73 Å². The molecule has 31 heavy (non-hydrogen) atoms. The van der Waals surface area contributed by atoms with Crippen molar-refractivity contribution in [1.82, 2.24) is 0 Å². The van der Waals surface area contributed by atoms with Crippen LogP contribution in [0, 0.1) is 12.7 Å². The van der Waals surface area contributed by atoms with Gasteiger partial charge in [0.25, 0.3) is 5.91 Å². The Labute approximate surface area is 183 Å². The number of esters is 1. The fourth-order valence-corrected chi connectivity index (χ4v) is 3.75. The summed E-state index contributed by atoms with van der Waals surface area (Å²) < 4.78 is 18.5. The third-order valence-corrected chi connectivity index (χ3v) is 5.46. The largest absolute Gasteiger partial charge is 0.451 e. The van der Waals surface area contributed by atoms with Gasteiger partial charge >= 0.3 is 5.97 Å². The van der Waals surface area contributed by atoms with Crippen molar-refractivity contribution >= 4 is 34.8 Å². The Morgan fingerprint density at radius 3 is 2.35 bits per heavy atom. The van der Waals surface area contributed by atoms with E-state index in [0.717, 1.165) is 16.7 Å². The van der Waals surface area contributed by atoms with Gasteiger partial charge in [-0.1, -0.05) is 29.8 Å². The molecule has 0 unspecified atom stereocenters. The number of carbonyl (C=O) groups is 3. The van der Waals surface area contributed by atoms with Crippen LogP contribution in [0.2, 0.25) is 0 Å². The summed E-state index contributed by atoms with van der Waals surface area (Å²) >= 11 is 1.23. The highest BCUT2D eigenvalue weighted by atomic mass is 32.1. The van der Waals surface area contributed by atoms with E-state index in [1.807, 2.05) is 37.3 Å². The lowest BCUT2D eigenvalue weighted by Gasteiger charge is -2.22. The first-order valence-corrected chi connectivity index (χ1v) is 10.4. The number of halogens is 1. The molecule has 8 heteroatoms. The number of rotatable bonds is 8. The highest BCUT2D eigenvalue weighted by Gasteiger charge is 2.21. The van der Waals surface area contributed by atoms with E-state index >= 15 is 0 Å². The lowest BCUT2D eigenvalue weighted by atomic mass is 10.1. The standard InChI is InChI=1S/C23H21FN2O4S/c1-15-2-4-16(5-3-15)19-11-13-31-22(19)23(29)30-14-21(28)26(12-10-20(25)27)18-8-6-17(24)7-9-18/h2-9,11,13H,10,12,14H2,1H3,(H2,25,27). The lowest BCUT2D eigenvalue weighted by Crippen LogP contribution is -2.37. The smallest absolute Gasteiger partial charge is 0.349 e. The number of ether oxygens (including phenoxy) is 1. The fraction of sp³-hybridized carbons (Fsp3) is 0.174. The maximum Gasteiger partial charge on any atom is 0.349 e. The number of primary amides is 1. The molecule has 3 rings (SSSR count). The zero-order valence-corrected chi connectivity index (χ0v) is 17.7. The van der Waals surface area contributed by atoms with Gasteiger partial charge in [0.15, 0.2) is 6.61 Å². The third kappa shape index (κ3) is 5.76. The molecule has 160 valence electrons. The lowest BCUT2D eigenvalue weighted by molar-refractivity contribution is -0.121. The Morgan fingerprint density at radius 1 is 1.03 bits per heavy atom. The first-order valence-electron chi connectivity index (χ1n) is 9.51. The molecule has 0 aliphatic rings. The van der Waals surface area contributed by atoms with E-state index in [2.05, 4.69) is 0 Å². The molecule has 6 nitrogen and oxygen atoms in total. The third-order valence-electron chi connectivity index (χ3n) is 4.56. The second-order valence-electron chi connectivity index (χ2n) is 6.84. The molecule has 0 aliphatic heterocycles. The average Bonchev–Trinajstić information content (AvgIpc) is 3.23. The van der Waals surface area contributed by atoms with Crippen LogP contribution in [0.1, 0.15) is 21.7 Å². The van der Waals surface area contributed by atoms with E-state index < -0.39 is 30.2 Å². The summed E-state index contributed by atoms with van der Waals surface area (Å²) in [7, 11) is 0. The summed E-state index contributed by atoms with van der Waals surface area (Å²) in [6, 6.07) is 14.8. The van der Waals surface area contributed by atoms with E-state index in [4.69, 9.17) is 10.5 Å². The molecular weight excluding hydrogens is 419 g/mol. The van der Waals surface area contributed by atoms with Gasteiger partial charge in [0.05, 0.1) is 0 Å². The van der Waals surface area contributed by atoms with Gasteiger partial charge in [-0.3, -0.25) is 9.59 Å². The average molecular weight is 440 g/mol. The first-order chi connectivity index (χ1) is 14.8. The molecule has 0 saturated heterocycles. The van der Waals surface area contributed by atoms with Crippen molar-refractivity contribution < 1.29 is 23.5 Å². The zero-order chi connectivity index (χ0) is 22.4. The maximum atomic E-state index is 13.2. The number of benzene rings is 2. The Hall–Kier alpha value is -3.52. The van der Waals surface area contributed by atoms with E-state index in [9.17, 15) is 18.8 Å². The van der Waals surface area contributed by atoms with Crippen LogP contribution in [0.4, 0.5) is 10.1 Å². The molecule has 0 radical (unpaired) electrons. The minimum atomic E-state index is -0.618. The number of aryl methyl sites for hydroxylation is 1. The van der Waals surface area contributed by atoms with Crippen LogP contribution in [-0.2, 0) is 14.3 Å². The highest BCUT2D eigenvalue weighted by molar-refractivity contribution is 7.12. The van der Waals surface area contributed by atoms with Crippen molar-refractivity contribution in [3.63, 3.8) is 0 Å². The van der Waals surface area contributed by atoms with Crippen molar-refractivity contribution in [2.45, 2.75) is 13.3 Å². The van der Waals surface area contributed by atoms with Crippen LogP contribution in [0.15, 0.2) is 60.0 Å². The van der Waals surface area contributed by atoms with Crippen molar-refractivity contribution in [2.75, 3.05) is 18.1 Å². The molecule has 0 fully saturated rings. The molecule has 2 N–H and O–H groups in total. The van der Waals surface area contributed by atoms with E-state index in [1.165, 1.54) is 40.5 Å². The van der Waals surface area contributed by atoms with Gasteiger partial charge in [-0.05, 0) is 48.2 Å². The van der Waals surface area contributed by atoms with Gasteiger partial charge in [0, 0.05) is 24.2 Å². The summed E-state index contributed by atoms with van der Waals surface area (Å²) in [6.45, 7) is 1.44. The number of amides is 2. The number of nitrogens with zero attached hydrogens (tertiary/aromatic N) is 1. The van der Waals surface area contributed by atoms with Gasteiger partial charge in [0.2, 0.25) is 5.91 Å². The Kier molecular flexibility index (Phi) is 7.15. The van der Waals surface area contributed by atoms with E-state index in [1.54, 1.807) is 5.38 Å². The number of hydrogen-bond acceptors (Lipinski definition) is 5. The van der Waals surface area contributed by atoms with Crippen molar-refractivity contribution in [1.29, 1.82) is 0 Å². The van der Waals surface area contributed by atoms with E-state index in [-0.39, 0.29) is 13.0 Å². The predicted octanol–water partition coefficient (Wildman–Crippen LogP) is 3.93. The number of thiophene rings is 1. The Bertz CT molecular complexity index is 1080. The molecule has 3 aromatic rings. The minimum absolute atomic E-state index is 0.00896. The minimum Gasteiger partial charge on any atom is -0.451 e. The molecule has 2 aromatic carbocycles. The number of anilines is 1. The fourth-order valence-electron chi connectivity index (χ4n) is 2.94. The number of nitrogens with two attached hydrogens (primary N) is 1. The highest BCUT2D eigenvalue weighted by Crippen LogP contribution is 2.29. The van der Waals surface area contributed by atoms with E-state index in [0.29, 0.717) is 10.6 Å². The first kappa shape index (κ1) is 22.2. The molecule has 2 amide bonds. The molecule has 1 aromatic heterocycles. The predicted molar refractivity (Wildman–Crippen MR) is 117 cm³/mol. The van der Waals surface area contributed by atoms with Crippen molar-refractivity contribution in [3.8, 4) is 11.1 Å². The van der Waals surface area contributed by atoms with Crippen LogP contribution >= 0.6 is 11.3 Å². The summed E-state index contributed by atoms with van der Waals surface area (Å²) in [5.74, 6) is -2.21. The van der Waals surface area contributed by atoms with Gasteiger partial charge in [-0.2, -0.15) is 0 Å². The van der Waals surface area contributed by atoms with Gasteiger partial charge in [-0.25, -0.2) is 9.18 Å². The van der Waals surface area contributed by atoms with Crippen LogP contribution < -0.4 is 10.6 Å². The Balaban J connectivity index is 1.71. The molecule has 0 aliphatic carbocycles. The number of carbonyl (C=O) groups excluding carboxylic acids is 3. The quantitative estimate of drug-likeness (QED) is 0.538. The van der Waals surface area contributed by atoms with Crippen LogP contribution in [0.3, 0.4) is 0 Å². The normalized spacial score (nSPS) is 10.5. The topological polar surface area (TPSA) is 89.7 Å². The van der Waals surface area contributed by atoms with Crippen LogP contribution in [0.5, 0.6) is 0 Å².